The second-order valence-electron chi connectivity index (χ2n) is 6.63. The molecule has 1 saturated heterocycles. The molecule has 0 aliphatic carbocycles. The summed E-state index contributed by atoms with van der Waals surface area (Å²) in [4.78, 5) is 6.01. The number of aromatic nitrogens is 1. The molecule has 0 unspecified atom stereocenters. The number of likely N-dealkylation sites (N-methyl/N-ethyl adjacent to an activating group) is 1. The van der Waals surface area contributed by atoms with Gasteiger partial charge in [-0.15, -0.1) is 0 Å². The number of benzene rings is 1. The lowest BCUT2D eigenvalue weighted by molar-refractivity contribution is 0.266. The topological polar surface area (TPSA) is 84.4 Å². The Morgan fingerprint density at radius 3 is 2.38 bits per heavy atom. The molecule has 0 bridgehead atoms. The molecule has 1 aliphatic rings. The van der Waals surface area contributed by atoms with Crippen molar-refractivity contribution >= 4 is 19.7 Å². The zero-order chi connectivity index (χ0) is 18.8. The minimum Gasteiger partial charge on any atom is -0.301 e. The van der Waals surface area contributed by atoms with Crippen LogP contribution in [0.4, 0.5) is 0 Å². The molecule has 1 aromatic heterocycles. The number of rotatable bonds is 6. The van der Waals surface area contributed by atoms with Crippen LogP contribution in [0.2, 0.25) is 0 Å². The molecule has 2 heterocycles. The van der Waals surface area contributed by atoms with E-state index in [0.717, 1.165) is 5.56 Å². The van der Waals surface area contributed by atoms with Crippen molar-refractivity contribution in [3.8, 4) is 0 Å². The third-order valence-corrected chi connectivity index (χ3v) is 8.95. The first kappa shape index (κ1) is 19.0. The van der Waals surface area contributed by atoms with Crippen molar-refractivity contribution in [3.63, 3.8) is 0 Å². The lowest BCUT2D eigenvalue weighted by Gasteiger charge is -2.28. The second-order valence-corrected chi connectivity index (χ2v) is 10.9. The SMILES string of the molecule is CN(CCc1ccncc1)[C@@H]1CS(=O)(=O)C[C@H]1S(=O)(=O)c1ccccc1. The first-order valence-corrected chi connectivity index (χ1v) is 11.7. The molecule has 1 aliphatic heterocycles. The molecule has 140 valence electrons. The third-order valence-electron chi connectivity index (χ3n) is 4.81. The maximum Gasteiger partial charge on any atom is 0.183 e. The summed E-state index contributed by atoms with van der Waals surface area (Å²) in [6.45, 7) is 0.574. The minimum atomic E-state index is -3.72. The fraction of sp³-hybridized carbons (Fsp3) is 0.389. The van der Waals surface area contributed by atoms with Gasteiger partial charge in [0, 0.05) is 25.0 Å². The summed E-state index contributed by atoms with van der Waals surface area (Å²) in [5, 5.41) is -0.947. The summed E-state index contributed by atoms with van der Waals surface area (Å²) in [6.07, 6.45) is 4.11. The van der Waals surface area contributed by atoms with Gasteiger partial charge in [0.15, 0.2) is 19.7 Å². The van der Waals surface area contributed by atoms with Crippen LogP contribution in [0.5, 0.6) is 0 Å². The van der Waals surface area contributed by atoms with E-state index in [1.54, 1.807) is 37.6 Å². The van der Waals surface area contributed by atoms with Gasteiger partial charge in [-0.05, 0) is 43.3 Å². The van der Waals surface area contributed by atoms with Gasteiger partial charge in [-0.3, -0.25) is 4.98 Å². The highest BCUT2D eigenvalue weighted by Gasteiger charge is 2.47. The van der Waals surface area contributed by atoms with E-state index in [1.165, 1.54) is 12.1 Å². The molecule has 0 radical (unpaired) electrons. The van der Waals surface area contributed by atoms with E-state index in [9.17, 15) is 16.8 Å². The van der Waals surface area contributed by atoms with Gasteiger partial charge < -0.3 is 4.90 Å². The molecular weight excluding hydrogens is 372 g/mol. The Kier molecular flexibility index (Phi) is 5.45. The van der Waals surface area contributed by atoms with Crippen LogP contribution in [0.15, 0.2) is 59.8 Å². The fourth-order valence-electron chi connectivity index (χ4n) is 3.31. The molecule has 3 rings (SSSR count). The highest BCUT2D eigenvalue weighted by Crippen LogP contribution is 2.28. The van der Waals surface area contributed by atoms with E-state index in [0.29, 0.717) is 13.0 Å². The third kappa shape index (κ3) is 4.13. The minimum absolute atomic E-state index is 0.128. The Morgan fingerprint density at radius 2 is 1.73 bits per heavy atom. The maximum atomic E-state index is 13.0. The van der Waals surface area contributed by atoms with Crippen LogP contribution in [-0.4, -0.2) is 63.1 Å². The summed E-state index contributed by atoms with van der Waals surface area (Å²) in [7, 11) is -5.32. The summed E-state index contributed by atoms with van der Waals surface area (Å²) >= 11 is 0. The van der Waals surface area contributed by atoms with Crippen molar-refractivity contribution in [1.82, 2.24) is 9.88 Å². The van der Waals surface area contributed by atoms with Crippen molar-refractivity contribution in [3.05, 3.63) is 60.4 Å². The lowest BCUT2D eigenvalue weighted by Crippen LogP contribution is -2.45. The quantitative estimate of drug-likeness (QED) is 0.732. The van der Waals surface area contributed by atoms with Crippen LogP contribution >= 0.6 is 0 Å². The van der Waals surface area contributed by atoms with Crippen molar-refractivity contribution in [2.75, 3.05) is 25.1 Å². The smallest absolute Gasteiger partial charge is 0.183 e. The first-order chi connectivity index (χ1) is 12.3. The lowest BCUT2D eigenvalue weighted by atomic mass is 10.1. The highest BCUT2D eigenvalue weighted by atomic mass is 32.2. The molecule has 0 saturated carbocycles. The molecule has 1 aromatic carbocycles. The van der Waals surface area contributed by atoms with Crippen LogP contribution in [-0.2, 0) is 26.1 Å². The van der Waals surface area contributed by atoms with E-state index in [-0.39, 0.29) is 16.4 Å². The molecule has 26 heavy (non-hydrogen) atoms. The molecule has 6 nitrogen and oxygen atoms in total. The van der Waals surface area contributed by atoms with Gasteiger partial charge in [-0.1, -0.05) is 18.2 Å². The average molecular weight is 395 g/mol. The molecule has 0 N–H and O–H groups in total. The molecule has 8 heteroatoms. The van der Waals surface area contributed by atoms with Crippen LogP contribution in [0, 0.1) is 0 Å². The number of hydrogen-bond acceptors (Lipinski definition) is 6. The average Bonchev–Trinajstić information content (AvgIpc) is 2.98. The Bertz CT molecular complexity index is 945. The van der Waals surface area contributed by atoms with Gasteiger partial charge in [0.2, 0.25) is 0 Å². The Hall–Kier alpha value is -1.77. The molecule has 1 fully saturated rings. The Labute approximate surface area is 154 Å². The second kappa shape index (κ2) is 7.46. The molecular formula is C18H22N2O4S2. The van der Waals surface area contributed by atoms with Crippen LogP contribution in [0.25, 0.3) is 0 Å². The number of hydrogen-bond donors (Lipinski definition) is 0. The Morgan fingerprint density at radius 1 is 1.08 bits per heavy atom. The summed E-state index contributed by atoms with van der Waals surface area (Å²) < 4.78 is 50.4. The predicted molar refractivity (Wildman–Crippen MR) is 100 cm³/mol. The van der Waals surface area contributed by atoms with Gasteiger partial charge >= 0.3 is 0 Å². The van der Waals surface area contributed by atoms with E-state index in [1.807, 2.05) is 17.0 Å². The standard InChI is InChI=1S/C18H22N2O4S2/c1-20(12-9-15-7-10-19-11-8-15)17-13-25(21,22)14-18(17)26(23,24)16-5-3-2-4-6-16/h2-8,10-11,17-18H,9,12-14H2,1H3/t17-,18-/m1/s1. The van der Waals surface area contributed by atoms with E-state index < -0.39 is 31.0 Å². The highest BCUT2D eigenvalue weighted by molar-refractivity contribution is 7.96. The van der Waals surface area contributed by atoms with Gasteiger partial charge in [0.1, 0.15) is 0 Å². The first-order valence-electron chi connectivity index (χ1n) is 8.38. The maximum absolute atomic E-state index is 13.0. The van der Waals surface area contributed by atoms with E-state index in [4.69, 9.17) is 0 Å². The summed E-state index contributed by atoms with van der Waals surface area (Å²) in [5.74, 6) is -0.453. The van der Waals surface area contributed by atoms with Crippen LogP contribution < -0.4 is 0 Å². The molecule has 0 amide bonds. The molecule has 0 spiro atoms. The van der Waals surface area contributed by atoms with Gasteiger partial charge in [-0.2, -0.15) is 0 Å². The monoisotopic (exact) mass is 394 g/mol. The number of pyridine rings is 1. The normalized spacial score (nSPS) is 22.5. The van der Waals surface area contributed by atoms with Gasteiger partial charge in [0.05, 0.1) is 21.7 Å². The van der Waals surface area contributed by atoms with Gasteiger partial charge in [0.25, 0.3) is 0 Å². The largest absolute Gasteiger partial charge is 0.301 e. The summed E-state index contributed by atoms with van der Waals surface area (Å²) in [5.41, 5.74) is 1.08. The number of nitrogens with zero attached hydrogens (tertiary/aromatic N) is 2. The van der Waals surface area contributed by atoms with Crippen molar-refractivity contribution in [2.24, 2.45) is 0 Å². The van der Waals surface area contributed by atoms with Gasteiger partial charge in [-0.25, -0.2) is 16.8 Å². The van der Waals surface area contributed by atoms with Crippen LogP contribution in [0.3, 0.4) is 0 Å². The van der Waals surface area contributed by atoms with Crippen LogP contribution in [0.1, 0.15) is 5.56 Å². The Balaban J connectivity index is 1.82. The zero-order valence-corrected chi connectivity index (χ0v) is 16.2. The molecule has 2 aromatic rings. The van der Waals surface area contributed by atoms with Crippen molar-refractivity contribution in [1.29, 1.82) is 0 Å². The predicted octanol–water partition coefficient (Wildman–Crippen LogP) is 1.20. The molecule has 2 atom stereocenters. The van der Waals surface area contributed by atoms with E-state index in [2.05, 4.69) is 4.98 Å². The zero-order valence-electron chi connectivity index (χ0n) is 14.5. The fourth-order valence-corrected chi connectivity index (χ4v) is 8.24. The van der Waals surface area contributed by atoms with Crippen molar-refractivity contribution < 1.29 is 16.8 Å². The van der Waals surface area contributed by atoms with Crippen molar-refractivity contribution in [2.45, 2.75) is 22.6 Å². The number of sulfone groups is 2. The summed E-state index contributed by atoms with van der Waals surface area (Å²) in [6, 6.07) is 11.3. The van der Waals surface area contributed by atoms with E-state index >= 15 is 0 Å².